The van der Waals surface area contributed by atoms with Crippen LogP contribution in [0.15, 0.2) is 29.9 Å². The lowest BCUT2D eigenvalue weighted by Gasteiger charge is -2.23. The van der Waals surface area contributed by atoms with Crippen LogP contribution in [0.4, 0.5) is 0 Å². The highest BCUT2D eigenvalue weighted by Gasteiger charge is 2.21. The van der Waals surface area contributed by atoms with Gasteiger partial charge in [-0.15, -0.1) is 11.3 Å². The van der Waals surface area contributed by atoms with Crippen LogP contribution >= 0.6 is 11.3 Å². The van der Waals surface area contributed by atoms with Gasteiger partial charge in [-0.05, 0) is 32.4 Å². The molecule has 0 saturated heterocycles. The summed E-state index contributed by atoms with van der Waals surface area (Å²) in [7, 11) is 1.83. The maximum atomic E-state index is 12.6. The average molecular weight is 328 g/mol. The first kappa shape index (κ1) is 15.7. The van der Waals surface area contributed by atoms with Crippen LogP contribution in [0.1, 0.15) is 34.9 Å². The third-order valence-corrected chi connectivity index (χ3v) is 5.24. The van der Waals surface area contributed by atoms with E-state index in [4.69, 9.17) is 0 Å². The zero-order valence-corrected chi connectivity index (χ0v) is 14.6. The molecule has 5 nitrogen and oxygen atoms in total. The molecule has 0 radical (unpaired) electrons. The van der Waals surface area contributed by atoms with Crippen molar-refractivity contribution in [3.05, 3.63) is 51.9 Å². The third kappa shape index (κ3) is 2.99. The number of hydrogen-bond donors (Lipinski definition) is 0. The van der Waals surface area contributed by atoms with Gasteiger partial charge in [0.2, 0.25) is 5.91 Å². The van der Waals surface area contributed by atoms with Gasteiger partial charge in [0, 0.05) is 30.5 Å². The number of imidazole rings is 1. The van der Waals surface area contributed by atoms with E-state index in [0.29, 0.717) is 6.42 Å². The molecule has 6 heteroatoms. The van der Waals surface area contributed by atoms with E-state index in [0.717, 1.165) is 27.6 Å². The largest absolute Gasteiger partial charge is 0.336 e. The minimum Gasteiger partial charge on any atom is -0.336 e. The Morgan fingerprint density at radius 2 is 2.22 bits per heavy atom. The number of pyridine rings is 1. The average Bonchev–Trinajstić information content (AvgIpc) is 3.13. The van der Waals surface area contributed by atoms with E-state index in [1.807, 2.05) is 55.9 Å². The van der Waals surface area contributed by atoms with Gasteiger partial charge < -0.3 is 9.30 Å². The summed E-state index contributed by atoms with van der Waals surface area (Å²) in [5, 5.41) is 2.98. The van der Waals surface area contributed by atoms with E-state index in [1.54, 1.807) is 22.4 Å². The van der Waals surface area contributed by atoms with Crippen LogP contribution in [0.25, 0.3) is 5.65 Å². The molecule has 1 atom stereocenters. The Morgan fingerprint density at radius 1 is 1.43 bits per heavy atom. The molecular formula is C17H20N4OS. The van der Waals surface area contributed by atoms with Crippen molar-refractivity contribution < 1.29 is 4.79 Å². The standard InChI is InChI=1S/C17H20N4OS/c1-11-6-5-7-21-14(9-18-16(11)21)8-15(22)20(4)13(3)17-19-12(2)10-23-17/h5-7,9-10,13H,8H2,1-4H3. The Balaban J connectivity index is 1.79. The highest BCUT2D eigenvalue weighted by Crippen LogP contribution is 2.23. The fourth-order valence-corrected chi connectivity index (χ4v) is 3.45. The number of fused-ring (bicyclic) bond motifs is 1. The summed E-state index contributed by atoms with van der Waals surface area (Å²) in [6, 6.07) is 3.97. The Hall–Kier alpha value is -2.21. The van der Waals surface area contributed by atoms with E-state index in [2.05, 4.69) is 9.97 Å². The minimum absolute atomic E-state index is 0.0258. The SMILES string of the molecule is Cc1csc(C(C)N(C)C(=O)Cc2cnc3c(C)cccn23)n1. The third-order valence-electron chi connectivity index (χ3n) is 4.11. The van der Waals surface area contributed by atoms with Crippen LogP contribution in [0.5, 0.6) is 0 Å². The molecular weight excluding hydrogens is 308 g/mol. The highest BCUT2D eigenvalue weighted by atomic mass is 32.1. The molecule has 0 aliphatic carbocycles. The van der Waals surface area contributed by atoms with Crippen LogP contribution in [0, 0.1) is 13.8 Å². The lowest BCUT2D eigenvalue weighted by atomic mass is 10.2. The molecule has 1 unspecified atom stereocenters. The molecule has 1 amide bonds. The summed E-state index contributed by atoms with van der Waals surface area (Å²) in [5.74, 6) is 0.0636. The summed E-state index contributed by atoms with van der Waals surface area (Å²) < 4.78 is 1.99. The number of amides is 1. The van der Waals surface area contributed by atoms with Crippen LogP contribution in [-0.2, 0) is 11.2 Å². The Kier molecular flexibility index (Phi) is 4.17. The number of rotatable bonds is 4. The molecule has 0 aromatic carbocycles. The second-order valence-electron chi connectivity index (χ2n) is 5.82. The van der Waals surface area contributed by atoms with Crippen molar-refractivity contribution in [2.45, 2.75) is 33.2 Å². The van der Waals surface area contributed by atoms with Crippen molar-refractivity contribution in [1.82, 2.24) is 19.3 Å². The molecule has 0 aliphatic heterocycles. The van der Waals surface area contributed by atoms with E-state index < -0.39 is 0 Å². The van der Waals surface area contributed by atoms with Crippen molar-refractivity contribution >= 4 is 22.9 Å². The molecule has 3 rings (SSSR count). The predicted octanol–water partition coefficient (Wildman–Crippen LogP) is 3.17. The summed E-state index contributed by atoms with van der Waals surface area (Å²) in [5.41, 5.74) is 3.91. The van der Waals surface area contributed by atoms with Gasteiger partial charge in [0.1, 0.15) is 10.7 Å². The van der Waals surface area contributed by atoms with Crippen LogP contribution in [0.3, 0.4) is 0 Å². The second-order valence-corrected chi connectivity index (χ2v) is 6.71. The maximum Gasteiger partial charge on any atom is 0.228 e. The number of carbonyl (C=O) groups is 1. The molecule has 3 aromatic rings. The molecule has 0 saturated carbocycles. The smallest absolute Gasteiger partial charge is 0.228 e. The van der Waals surface area contributed by atoms with Gasteiger partial charge in [0.15, 0.2) is 0 Å². The Labute approximate surface area is 139 Å². The van der Waals surface area contributed by atoms with Gasteiger partial charge in [-0.2, -0.15) is 0 Å². The van der Waals surface area contributed by atoms with Crippen LogP contribution in [0.2, 0.25) is 0 Å². The van der Waals surface area contributed by atoms with Gasteiger partial charge in [-0.25, -0.2) is 9.97 Å². The monoisotopic (exact) mass is 328 g/mol. The van der Waals surface area contributed by atoms with E-state index in [1.165, 1.54) is 0 Å². The Morgan fingerprint density at radius 3 is 2.91 bits per heavy atom. The summed E-state index contributed by atoms with van der Waals surface area (Å²) >= 11 is 1.59. The second kappa shape index (κ2) is 6.12. The van der Waals surface area contributed by atoms with Crippen molar-refractivity contribution in [2.24, 2.45) is 0 Å². The van der Waals surface area contributed by atoms with Crippen LogP contribution < -0.4 is 0 Å². The first-order valence-corrected chi connectivity index (χ1v) is 8.44. The Bertz CT molecular complexity index is 851. The summed E-state index contributed by atoms with van der Waals surface area (Å²) in [6.07, 6.45) is 4.06. The molecule has 0 spiro atoms. The number of aryl methyl sites for hydroxylation is 2. The lowest BCUT2D eigenvalue weighted by Crippen LogP contribution is -2.31. The van der Waals surface area contributed by atoms with Crippen molar-refractivity contribution in [3.8, 4) is 0 Å². The number of carbonyl (C=O) groups excluding carboxylic acids is 1. The molecule has 23 heavy (non-hydrogen) atoms. The molecule has 120 valence electrons. The number of hydrogen-bond acceptors (Lipinski definition) is 4. The zero-order chi connectivity index (χ0) is 16.6. The van der Waals surface area contributed by atoms with Crippen LogP contribution in [-0.4, -0.2) is 32.2 Å². The van der Waals surface area contributed by atoms with Gasteiger partial charge >= 0.3 is 0 Å². The number of nitrogens with zero attached hydrogens (tertiary/aromatic N) is 4. The molecule has 0 fully saturated rings. The summed E-state index contributed by atoms with van der Waals surface area (Å²) in [6.45, 7) is 6.00. The van der Waals surface area contributed by atoms with Crippen molar-refractivity contribution in [2.75, 3.05) is 7.05 Å². The molecule has 3 aromatic heterocycles. The molecule has 3 heterocycles. The van der Waals surface area contributed by atoms with Crippen molar-refractivity contribution in [1.29, 1.82) is 0 Å². The van der Waals surface area contributed by atoms with E-state index in [9.17, 15) is 4.79 Å². The van der Waals surface area contributed by atoms with Gasteiger partial charge in [0.05, 0.1) is 18.2 Å². The normalized spacial score (nSPS) is 12.5. The topological polar surface area (TPSA) is 50.5 Å². The number of likely N-dealkylation sites (N-methyl/N-ethyl adjacent to an activating group) is 1. The van der Waals surface area contributed by atoms with E-state index in [-0.39, 0.29) is 11.9 Å². The lowest BCUT2D eigenvalue weighted by molar-refractivity contribution is -0.131. The first-order chi connectivity index (χ1) is 11.0. The molecule has 0 bridgehead atoms. The van der Waals surface area contributed by atoms with E-state index >= 15 is 0 Å². The minimum atomic E-state index is -0.0258. The quantitative estimate of drug-likeness (QED) is 0.739. The fraction of sp³-hybridized carbons (Fsp3) is 0.353. The fourth-order valence-electron chi connectivity index (χ4n) is 2.56. The first-order valence-electron chi connectivity index (χ1n) is 7.56. The number of aromatic nitrogens is 3. The summed E-state index contributed by atoms with van der Waals surface area (Å²) in [4.78, 5) is 23.3. The zero-order valence-electron chi connectivity index (χ0n) is 13.8. The highest BCUT2D eigenvalue weighted by molar-refractivity contribution is 7.09. The van der Waals surface area contributed by atoms with Gasteiger partial charge in [0.25, 0.3) is 0 Å². The predicted molar refractivity (Wildman–Crippen MR) is 91.7 cm³/mol. The van der Waals surface area contributed by atoms with Gasteiger partial charge in [-0.1, -0.05) is 6.07 Å². The maximum absolute atomic E-state index is 12.6. The number of thiazole rings is 1. The van der Waals surface area contributed by atoms with Gasteiger partial charge in [-0.3, -0.25) is 4.79 Å². The molecule has 0 aliphatic rings. The van der Waals surface area contributed by atoms with Crippen molar-refractivity contribution in [3.63, 3.8) is 0 Å². The molecule has 0 N–H and O–H groups in total.